The number of nitrogens with zero attached hydrogens (tertiary/aromatic N) is 1. The molecular formula is C24H23NO4. The van der Waals surface area contributed by atoms with E-state index in [1.54, 1.807) is 31.2 Å². The minimum atomic E-state index is -0.885. The molecular weight excluding hydrogens is 366 g/mol. The standard InChI is InChI=1S/C24H23NO4/c1-3-28-17-13-11-16(12-14-17)23(26)15(2)29-24(27)22-18-7-4-5-9-20(18)25-21-10-6-8-19(21)22/h4-5,7,9,11-15H,3,6,8,10H2,1-2H3/t15-/m1/s1. The first kappa shape index (κ1) is 19.1. The fourth-order valence-corrected chi connectivity index (χ4v) is 3.83. The Morgan fingerprint density at radius 2 is 1.83 bits per heavy atom. The molecule has 1 atom stereocenters. The number of hydrogen-bond donors (Lipinski definition) is 0. The first-order valence-corrected chi connectivity index (χ1v) is 9.97. The van der Waals surface area contributed by atoms with Gasteiger partial charge in [-0.2, -0.15) is 0 Å². The van der Waals surface area contributed by atoms with Crippen LogP contribution in [-0.4, -0.2) is 29.4 Å². The summed E-state index contributed by atoms with van der Waals surface area (Å²) in [6, 6.07) is 14.5. The van der Waals surface area contributed by atoms with Gasteiger partial charge < -0.3 is 9.47 Å². The second-order valence-electron chi connectivity index (χ2n) is 7.15. The molecule has 1 aromatic heterocycles. The molecule has 5 heteroatoms. The van der Waals surface area contributed by atoms with Crippen LogP contribution in [0.3, 0.4) is 0 Å². The second kappa shape index (κ2) is 8.03. The van der Waals surface area contributed by atoms with Gasteiger partial charge in [-0.25, -0.2) is 4.79 Å². The number of ether oxygens (including phenoxy) is 2. The van der Waals surface area contributed by atoms with Crippen molar-refractivity contribution in [2.24, 2.45) is 0 Å². The van der Waals surface area contributed by atoms with Gasteiger partial charge >= 0.3 is 5.97 Å². The molecule has 0 N–H and O–H groups in total. The number of Topliss-reactive ketones (excluding diaryl/α,β-unsaturated/α-hetero) is 1. The minimum Gasteiger partial charge on any atom is -0.494 e. The fraction of sp³-hybridized carbons (Fsp3) is 0.292. The summed E-state index contributed by atoms with van der Waals surface area (Å²) in [5.41, 5.74) is 3.73. The Bertz CT molecular complexity index is 1070. The van der Waals surface area contributed by atoms with Crippen LogP contribution in [0, 0.1) is 0 Å². The number of aromatic nitrogens is 1. The number of hydrogen-bond acceptors (Lipinski definition) is 5. The first-order chi connectivity index (χ1) is 14.1. The summed E-state index contributed by atoms with van der Waals surface area (Å²) in [7, 11) is 0. The van der Waals surface area contributed by atoms with Crippen molar-refractivity contribution < 1.29 is 19.1 Å². The van der Waals surface area contributed by atoms with E-state index < -0.39 is 12.1 Å². The van der Waals surface area contributed by atoms with Crippen molar-refractivity contribution in [2.75, 3.05) is 6.61 Å². The fourth-order valence-electron chi connectivity index (χ4n) is 3.83. The molecule has 0 spiro atoms. The van der Waals surface area contributed by atoms with Gasteiger partial charge in [0.2, 0.25) is 5.78 Å². The topological polar surface area (TPSA) is 65.5 Å². The van der Waals surface area contributed by atoms with Crippen LogP contribution in [0.15, 0.2) is 48.5 Å². The normalized spacial score (nSPS) is 13.7. The van der Waals surface area contributed by atoms with Crippen LogP contribution in [0.2, 0.25) is 0 Å². The second-order valence-corrected chi connectivity index (χ2v) is 7.15. The largest absolute Gasteiger partial charge is 0.494 e. The summed E-state index contributed by atoms with van der Waals surface area (Å²) < 4.78 is 11.0. The number of rotatable bonds is 6. The molecule has 0 unspecified atom stereocenters. The molecule has 0 bridgehead atoms. The van der Waals surface area contributed by atoms with Crippen molar-refractivity contribution in [3.63, 3.8) is 0 Å². The molecule has 0 radical (unpaired) electrons. The third-order valence-corrected chi connectivity index (χ3v) is 5.23. The van der Waals surface area contributed by atoms with Crippen LogP contribution in [0.4, 0.5) is 0 Å². The van der Waals surface area contributed by atoms with Gasteiger partial charge in [0.25, 0.3) is 0 Å². The monoisotopic (exact) mass is 389 g/mol. The predicted molar refractivity (Wildman–Crippen MR) is 111 cm³/mol. The van der Waals surface area contributed by atoms with E-state index in [9.17, 15) is 9.59 Å². The lowest BCUT2D eigenvalue weighted by atomic mass is 10.0. The predicted octanol–water partition coefficient (Wildman–Crippen LogP) is 4.55. The summed E-state index contributed by atoms with van der Waals surface area (Å²) >= 11 is 0. The highest BCUT2D eigenvalue weighted by atomic mass is 16.5. The van der Waals surface area contributed by atoms with Gasteiger partial charge in [0.1, 0.15) is 5.75 Å². The Labute approximate surface area is 169 Å². The van der Waals surface area contributed by atoms with E-state index in [1.165, 1.54) is 0 Å². The molecule has 0 saturated carbocycles. The zero-order chi connectivity index (χ0) is 20.4. The van der Waals surface area contributed by atoms with Gasteiger partial charge in [-0.15, -0.1) is 0 Å². The molecule has 29 heavy (non-hydrogen) atoms. The van der Waals surface area contributed by atoms with Crippen LogP contribution in [0.5, 0.6) is 5.75 Å². The number of pyridine rings is 1. The molecule has 0 aliphatic heterocycles. The van der Waals surface area contributed by atoms with E-state index in [2.05, 4.69) is 0 Å². The minimum absolute atomic E-state index is 0.239. The van der Waals surface area contributed by atoms with Gasteiger partial charge in [-0.3, -0.25) is 9.78 Å². The number of esters is 1. The third kappa shape index (κ3) is 3.73. The molecule has 5 nitrogen and oxygen atoms in total. The van der Waals surface area contributed by atoms with Crippen LogP contribution in [0.1, 0.15) is 52.2 Å². The van der Waals surface area contributed by atoms with E-state index >= 15 is 0 Å². The number of para-hydroxylation sites is 1. The van der Waals surface area contributed by atoms with Crippen molar-refractivity contribution in [1.29, 1.82) is 0 Å². The molecule has 2 aromatic carbocycles. The van der Waals surface area contributed by atoms with E-state index in [0.29, 0.717) is 23.5 Å². The molecule has 1 aliphatic carbocycles. The van der Waals surface area contributed by atoms with Crippen molar-refractivity contribution >= 4 is 22.7 Å². The van der Waals surface area contributed by atoms with Gasteiger partial charge in [0.15, 0.2) is 6.10 Å². The number of aryl methyl sites for hydroxylation is 1. The van der Waals surface area contributed by atoms with E-state index in [0.717, 1.165) is 41.4 Å². The Hall–Kier alpha value is -3.21. The molecule has 0 saturated heterocycles. The lowest BCUT2D eigenvalue weighted by Crippen LogP contribution is -2.25. The highest BCUT2D eigenvalue weighted by Gasteiger charge is 2.27. The number of benzene rings is 2. The Morgan fingerprint density at radius 3 is 2.59 bits per heavy atom. The van der Waals surface area contributed by atoms with E-state index in [1.807, 2.05) is 31.2 Å². The highest BCUT2D eigenvalue weighted by Crippen LogP contribution is 2.30. The number of fused-ring (bicyclic) bond motifs is 2. The molecule has 0 amide bonds. The number of carbonyl (C=O) groups is 2. The van der Waals surface area contributed by atoms with Gasteiger partial charge in [0.05, 0.1) is 17.7 Å². The summed E-state index contributed by atoms with van der Waals surface area (Å²) in [5.74, 6) is -0.00235. The lowest BCUT2D eigenvalue weighted by Gasteiger charge is -2.16. The first-order valence-electron chi connectivity index (χ1n) is 9.97. The quantitative estimate of drug-likeness (QED) is 0.457. The van der Waals surface area contributed by atoms with E-state index in [-0.39, 0.29) is 5.78 Å². The van der Waals surface area contributed by atoms with Crippen molar-refractivity contribution in [3.8, 4) is 5.75 Å². The molecule has 1 heterocycles. The summed E-state index contributed by atoms with van der Waals surface area (Å²) in [6.07, 6.45) is 1.75. The summed E-state index contributed by atoms with van der Waals surface area (Å²) in [4.78, 5) is 30.5. The van der Waals surface area contributed by atoms with Crippen LogP contribution in [-0.2, 0) is 17.6 Å². The van der Waals surface area contributed by atoms with Crippen molar-refractivity contribution in [3.05, 3.63) is 70.9 Å². The average Bonchev–Trinajstić information content (AvgIpc) is 3.20. The molecule has 1 aliphatic rings. The lowest BCUT2D eigenvalue weighted by molar-refractivity contribution is 0.0319. The molecule has 0 fully saturated rings. The van der Waals surface area contributed by atoms with Gasteiger partial charge in [0, 0.05) is 16.6 Å². The van der Waals surface area contributed by atoms with E-state index in [4.69, 9.17) is 14.5 Å². The van der Waals surface area contributed by atoms with Crippen LogP contribution in [0.25, 0.3) is 10.9 Å². The number of ketones is 1. The summed E-state index contributed by atoms with van der Waals surface area (Å²) in [6.45, 7) is 4.08. The highest BCUT2D eigenvalue weighted by molar-refractivity contribution is 6.07. The average molecular weight is 389 g/mol. The molecule has 148 valence electrons. The van der Waals surface area contributed by atoms with Crippen LogP contribution < -0.4 is 4.74 Å². The SMILES string of the molecule is CCOc1ccc(C(=O)[C@@H](C)OC(=O)c2c3c(nc4ccccc24)CCC3)cc1. The third-order valence-electron chi connectivity index (χ3n) is 5.23. The summed E-state index contributed by atoms with van der Waals surface area (Å²) in [5, 5.41) is 0.777. The van der Waals surface area contributed by atoms with Crippen molar-refractivity contribution in [1.82, 2.24) is 4.98 Å². The molecule has 3 aromatic rings. The van der Waals surface area contributed by atoms with Crippen molar-refractivity contribution in [2.45, 2.75) is 39.2 Å². The van der Waals surface area contributed by atoms with Crippen LogP contribution >= 0.6 is 0 Å². The van der Waals surface area contributed by atoms with Gasteiger partial charge in [-0.05, 0) is 69.0 Å². The maximum absolute atomic E-state index is 13.1. The Morgan fingerprint density at radius 1 is 1.07 bits per heavy atom. The zero-order valence-electron chi connectivity index (χ0n) is 16.6. The smallest absolute Gasteiger partial charge is 0.339 e. The maximum atomic E-state index is 13.1. The van der Waals surface area contributed by atoms with Gasteiger partial charge in [-0.1, -0.05) is 18.2 Å². The maximum Gasteiger partial charge on any atom is 0.339 e. The Kier molecular flexibility index (Phi) is 5.30. The Balaban J connectivity index is 1.59. The molecule has 4 rings (SSSR count). The number of carbonyl (C=O) groups excluding carboxylic acids is 2. The zero-order valence-corrected chi connectivity index (χ0v) is 16.6.